The molecule has 1 fully saturated rings. The van der Waals surface area contributed by atoms with Gasteiger partial charge in [0.05, 0.1) is 24.2 Å². The molecule has 1 aliphatic carbocycles. The third-order valence-corrected chi connectivity index (χ3v) is 4.51. The van der Waals surface area contributed by atoms with Crippen molar-refractivity contribution in [3.63, 3.8) is 0 Å². The lowest BCUT2D eigenvalue weighted by molar-refractivity contribution is -0.185. The zero-order valence-electron chi connectivity index (χ0n) is 11.7. The number of alkyl halides is 3. The molecule has 1 aliphatic rings. The highest BCUT2D eigenvalue weighted by atomic mass is 35.5. The molecule has 0 bridgehead atoms. The van der Waals surface area contributed by atoms with Crippen molar-refractivity contribution < 1.29 is 23.0 Å². The van der Waals surface area contributed by atoms with E-state index in [2.05, 4.69) is 0 Å². The van der Waals surface area contributed by atoms with Crippen LogP contribution in [0.15, 0.2) is 18.2 Å². The van der Waals surface area contributed by atoms with Crippen LogP contribution in [0.4, 0.5) is 13.2 Å². The third kappa shape index (κ3) is 3.83. The first kappa shape index (κ1) is 16.4. The first-order chi connectivity index (χ1) is 9.82. The molecule has 1 atom stereocenters. The first-order valence-corrected chi connectivity index (χ1v) is 7.29. The number of halogens is 4. The van der Waals surface area contributed by atoms with Crippen LogP contribution in [0.5, 0.6) is 5.75 Å². The van der Waals surface area contributed by atoms with Crippen LogP contribution >= 0.6 is 11.6 Å². The van der Waals surface area contributed by atoms with E-state index in [9.17, 15) is 18.3 Å². The first-order valence-electron chi connectivity index (χ1n) is 6.91. The average molecular weight is 323 g/mol. The number of methoxy groups -OCH3 is 1. The van der Waals surface area contributed by atoms with E-state index < -0.39 is 18.2 Å². The molecule has 0 spiro atoms. The van der Waals surface area contributed by atoms with E-state index in [0.717, 1.165) is 0 Å². The molecule has 0 amide bonds. The highest BCUT2D eigenvalue weighted by Crippen LogP contribution is 2.43. The number of rotatable bonds is 3. The topological polar surface area (TPSA) is 29.5 Å². The number of hydrogen-bond donors (Lipinski definition) is 1. The number of aliphatic hydroxyl groups excluding tert-OH is 1. The molecule has 1 aromatic carbocycles. The van der Waals surface area contributed by atoms with Crippen molar-refractivity contribution in [1.29, 1.82) is 0 Å². The Balaban J connectivity index is 2.03. The highest BCUT2D eigenvalue weighted by Gasteiger charge is 2.42. The molecule has 1 unspecified atom stereocenters. The van der Waals surface area contributed by atoms with E-state index in [1.54, 1.807) is 18.2 Å². The maximum Gasteiger partial charge on any atom is 0.391 e. The summed E-state index contributed by atoms with van der Waals surface area (Å²) in [6.45, 7) is 0. The van der Waals surface area contributed by atoms with Gasteiger partial charge >= 0.3 is 6.18 Å². The van der Waals surface area contributed by atoms with E-state index in [1.165, 1.54) is 7.11 Å². The van der Waals surface area contributed by atoms with E-state index >= 15 is 0 Å². The molecule has 1 N–H and O–H groups in total. The fourth-order valence-corrected chi connectivity index (χ4v) is 3.09. The predicted molar refractivity (Wildman–Crippen MR) is 74.5 cm³/mol. The van der Waals surface area contributed by atoms with Crippen LogP contribution in [0.2, 0.25) is 5.02 Å². The van der Waals surface area contributed by atoms with Crippen molar-refractivity contribution in [2.45, 2.75) is 38.0 Å². The lowest BCUT2D eigenvalue weighted by atomic mass is 9.77. The van der Waals surface area contributed by atoms with Gasteiger partial charge in [0, 0.05) is 0 Å². The number of benzene rings is 1. The molecule has 0 aromatic heterocycles. The average Bonchev–Trinajstić information content (AvgIpc) is 2.46. The molecule has 0 saturated heterocycles. The van der Waals surface area contributed by atoms with Crippen molar-refractivity contribution in [2.24, 2.45) is 11.8 Å². The minimum Gasteiger partial charge on any atom is -0.495 e. The second-order valence-electron chi connectivity index (χ2n) is 5.49. The van der Waals surface area contributed by atoms with Crippen molar-refractivity contribution in [3.8, 4) is 5.75 Å². The molecule has 0 aliphatic heterocycles. The molecule has 1 aromatic rings. The van der Waals surface area contributed by atoms with Gasteiger partial charge in [0.25, 0.3) is 0 Å². The maximum absolute atomic E-state index is 12.6. The zero-order chi connectivity index (χ0) is 15.6. The number of ether oxygens (including phenoxy) is 1. The zero-order valence-corrected chi connectivity index (χ0v) is 12.4. The van der Waals surface area contributed by atoms with Gasteiger partial charge in [-0.3, -0.25) is 0 Å². The van der Waals surface area contributed by atoms with Crippen molar-refractivity contribution in [2.75, 3.05) is 7.11 Å². The number of aliphatic hydroxyl groups is 1. The molecule has 6 heteroatoms. The van der Waals surface area contributed by atoms with Gasteiger partial charge in [-0.1, -0.05) is 17.7 Å². The molecule has 2 rings (SSSR count). The van der Waals surface area contributed by atoms with Crippen LogP contribution in [0.25, 0.3) is 0 Å². The molecular formula is C15H18ClF3O2. The van der Waals surface area contributed by atoms with Gasteiger partial charge in [-0.25, -0.2) is 0 Å². The van der Waals surface area contributed by atoms with E-state index in [1.807, 2.05) is 0 Å². The Morgan fingerprint density at radius 3 is 2.38 bits per heavy atom. The van der Waals surface area contributed by atoms with Gasteiger partial charge in [-0.05, 0) is 49.3 Å². The van der Waals surface area contributed by atoms with E-state index in [-0.39, 0.29) is 18.8 Å². The van der Waals surface area contributed by atoms with Crippen molar-refractivity contribution in [1.82, 2.24) is 0 Å². The second-order valence-corrected chi connectivity index (χ2v) is 5.90. The summed E-state index contributed by atoms with van der Waals surface area (Å²) >= 11 is 5.92. The molecule has 0 heterocycles. The Labute approximate surface area is 126 Å². The summed E-state index contributed by atoms with van der Waals surface area (Å²) in [5.74, 6) is -0.938. The fraction of sp³-hybridized carbons (Fsp3) is 0.600. The Kier molecular flexibility index (Phi) is 5.04. The van der Waals surface area contributed by atoms with Gasteiger partial charge in [0.2, 0.25) is 0 Å². The van der Waals surface area contributed by atoms with Gasteiger partial charge in [-0.2, -0.15) is 13.2 Å². The van der Waals surface area contributed by atoms with Crippen molar-refractivity contribution >= 4 is 11.6 Å². The summed E-state index contributed by atoms with van der Waals surface area (Å²) in [5, 5.41) is 10.8. The summed E-state index contributed by atoms with van der Waals surface area (Å²) in [5.41, 5.74) is 0.631. The molecule has 1 saturated carbocycles. The number of hydrogen-bond acceptors (Lipinski definition) is 2. The molecular weight excluding hydrogens is 305 g/mol. The van der Waals surface area contributed by atoms with Gasteiger partial charge in [0.15, 0.2) is 0 Å². The quantitative estimate of drug-likeness (QED) is 0.870. The minimum atomic E-state index is -4.13. The van der Waals surface area contributed by atoms with Crippen LogP contribution < -0.4 is 4.74 Å². The van der Waals surface area contributed by atoms with Gasteiger partial charge in [-0.15, -0.1) is 0 Å². The fourth-order valence-electron chi connectivity index (χ4n) is 2.89. The SMILES string of the molecule is COc1cc(C(O)C2CCC(C(F)(F)F)CC2)ccc1Cl. The smallest absolute Gasteiger partial charge is 0.391 e. The Bertz CT molecular complexity index is 482. The minimum absolute atomic E-state index is 0.0793. The summed E-state index contributed by atoms with van der Waals surface area (Å²) in [6.07, 6.45) is -4.01. The largest absolute Gasteiger partial charge is 0.495 e. The standard InChI is InChI=1S/C15H18ClF3O2/c1-21-13-8-10(4-7-12(13)16)14(20)9-2-5-11(6-3-9)15(17,18)19/h4,7-9,11,14,20H,2-3,5-6H2,1H3. The highest BCUT2D eigenvalue weighted by molar-refractivity contribution is 6.32. The van der Waals surface area contributed by atoms with Crippen LogP contribution in [0, 0.1) is 11.8 Å². The van der Waals surface area contributed by atoms with E-state index in [0.29, 0.717) is 29.2 Å². The lowest BCUT2D eigenvalue weighted by Gasteiger charge is -2.32. The van der Waals surface area contributed by atoms with Crippen LogP contribution in [0.1, 0.15) is 37.4 Å². The predicted octanol–water partition coefficient (Wildman–Crippen LogP) is 4.75. The summed E-state index contributed by atoms with van der Waals surface area (Å²) < 4.78 is 43.0. The van der Waals surface area contributed by atoms with Crippen molar-refractivity contribution in [3.05, 3.63) is 28.8 Å². The summed E-state index contributed by atoms with van der Waals surface area (Å²) in [4.78, 5) is 0. The molecule has 2 nitrogen and oxygen atoms in total. The monoisotopic (exact) mass is 322 g/mol. The second kappa shape index (κ2) is 6.44. The van der Waals surface area contributed by atoms with Gasteiger partial charge < -0.3 is 9.84 Å². The maximum atomic E-state index is 12.6. The van der Waals surface area contributed by atoms with E-state index in [4.69, 9.17) is 16.3 Å². The Morgan fingerprint density at radius 1 is 1.24 bits per heavy atom. The molecule has 21 heavy (non-hydrogen) atoms. The Hall–Kier alpha value is -0.940. The summed E-state index contributed by atoms with van der Waals surface area (Å²) in [7, 11) is 1.48. The van der Waals surface area contributed by atoms with Crippen LogP contribution in [-0.2, 0) is 0 Å². The summed E-state index contributed by atoms with van der Waals surface area (Å²) in [6, 6.07) is 4.95. The third-order valence-electron chi connectivity index (χ3n) is 4.20. The van der Waals surface area contributed by atoms with Gasteiger partial charge in [0.1, 0.15) is 5.75 Å². The van der Waals surface area contributed by atoms with Crippen LogP contribution in [0.3, 0.4) is 0 Å². The molecule has 118 valence electrons. The van der Waals surface area contributed by atoms with Crippen LogP contribution in [-0.4, -0.2) is 18.4 Å². The lowest BCUT2D eigenvalue weighted by Crippen LogP contribution is -2.29. The Morgan fingerprint density at radius 2 is 1.86 bits per heavy atom. The molecule has 0 radical (unpaired) electrons. The normalized spacial score (nSPS) is 24.7.